The summed E-state index contributed by atoms with van der Waals surface area (Å²) in [5.74, 6) is 0. The minimum atomic E-state index is -0.894. The fourth-order valence-electron chi connectivity index (χ4n) is 2.36. The van der Waals surface area contributed by atoms with Gasteiger partial charge in [-0.05, 0) is 18.4 Å². The summed E-state index contributed by atoms with van der Waals surface area (Å²) in [6.07, 6.45) is 1.70. The summed E-state index contributed by atoms with van der Waals surface area (Å²) in [4.78, 5) is 2.33. The van der Waals surface area contributed by atoms with E-state index < -0.39 is 5.54 Å². The first kappa shape index (κ1) is 14.0. The van der Waals surface area contributed by atoms with Crippen molar-refractivity contribution in [3.8, 4) is 6.07 Å². The van der Waals surface area contributed by atoms with E-state index in [1.54, 1.807) is 0 Å². The molecular weight excluding hydrogens is 238 g/mol. The molecular formula is C15H21N3O. The highest BCUT2D eigenvalue weighted by atomic mass is 16.5. The van der Waals surface area contributed by atoms with Crippen LogP contribution in [0.15, 0.2) is 30.3 Å². The number of ether oxygens (including phenoxy) is 1. The van der Waals surface area contributed by atoms with Crippen molar-refractivity contribution < 1.29 is 4.74 Å². The van der Waals surface area contributed by atoms with Crippen molar-refractivity contribution >= 4 is 0 Å². The molecule has 1 aliphatic rings. The molecule has 0 aromatic heterocycles. The summed E-state index contributed by atoms with van der Waals surface area (Å²) in [5.41, 5.74) is 6.25. The summed E-state index contributed by atoms with van der Waals surface area (Å²) in [6, 6.07) is 11.9. The topological polar surface area (TPSA) is 62.3 Å². The van der Waals surface area contributed by atoms with Gasteiger partial charge in [-0.15, -0.1) is 0 Å². The number of rotatable bonds is 4. The summed E-state index contributed by atoms with van der Waals surface area (Å²) in [6.45, 7) is 4.39. The Hall–Kier alpha value is -1.41. The zero-order valence-electron chi connectivity index (χ0n) is 11.2. The third-order valence-electron chi connectivity index (χ3n) is 3.63. The van der Waals surface area contributed by atoms with Gasteiger partial charge in [0.25, 0.3) is 0 Å². The van der Waals surface area contributed by atoms with Crippen LogP contribution in [0.25, 0.3) is 0 Å². The smallest absolute Gasteiger partial charge is 0.131 e. The molecule has 102 valence electrons. The lowest BCUT2D eigenvalue weighted by molar-refractivity contribution is 0.140. The SMILES string of the molecule is N#CC(N)(CCN1CCCOCC1)c1ccccc1. The fraction of sp³-hybridized carbons (Fsp3) is 0.533. The number of nitrogens with two attached hydrogens (primary N) is 1. The van der Waals surface area contributed by atoms with Crippen molar-refractivity contribution in [1.82, 2.24) is 4.90 Å². The molecule has 0 spiro atoms. The molecule has 1 fully saturated rings. The molecule has 2 rings (SSSR count). The summed E-state index contributed by atoms with van der Waals surface area (Å²) in [5, 5.41) is 9.41. The molecule has 4 heteroatoms. The molecule has 1 saturated heterocycles. The first-order valence-electron chi connectivity index (χ1n) is 6.80. The van der Waals surface area contributed by atoms with Crippen LogP contribution in [0.5, 0.6) is 0 Å². The molecule has 4 nitrogen and oxygen atoms in total. The van der Waals surface area contributed by atoms with Gasteiger partial charge in [0.2, 0.25) is 0 Å². The van der Waals surface area contributed by atoms with E-state index in [2.05, 4.69) is 11.0 Å². The molecule has 1 unspecified atom stereocenters. The van der Waals surface area contributed by atoms with Crippen molar-refractivity contribution in [2.24, 2.45) is 5.73 Å². The average Bonchev–Trinajstić information content (AvgIpc) is 2.74. The first-order valence-corrected chi connectivity index (χ1v) is 6.80. The van der Waals surface area contributed by atoms with Crippen molar-refractivity contribution in [1.29, 1.82) is 5.26 Å². The zero-order valence-corrected chi connectivity index (χ0v) is 11.2. The van der Waals surface area contributed by atoms with Gasteiger partial charge in [0.1, 0.15) is 5.54 Å². The Kier molecular flexibility index (Phi) is 4.92. The van der Waals surface area contributed by atoms with Gasteiger partial charge in [-0.2, -0.15) is 5.26 Å². The second-order valence-corrected chi connectivity index (χ2v) is 5.01. The van der Waals surface area contributed by atoms with Crippen LogP contribution < -0.4 is 5.73 Å². The quantitative estimate of drug-likeness (QED) is 0.889. The van der Waals surface area contributed by atoms with E-state index in [9.17, 15) is 5.26 Å². The molecule has 1 heterocycles. The van der Waals surface area contributed by atoms with Crippen molar-refractivity contribution in [3.05, 3.63) is 35.9 Å². The van der Waals surface area contributed by atoms with E-state index in [-0.39, 0.29) is 0 Å². The maximum atomic E-state index is 9.41. The largest absolute Gasteiger partial charge is 0.380 e. The lowest BCUT2D eigenvalue weighted by Crippen LogP contribution is -2.40. The van der Waals surface area contributed by atoms with Crippen LogP contribution in [-0.2, 0) is 10.3 Å². The van der Waals surface area contributed by atoms with E-state index in [1.165, 1.54) is 0 Å². The average molecular weight is 259 g/mol. The van der Waals surface area contributed by atoms with Gasteiger partial charge in [-0.25, -0.2) is 0 Å². The lowest BCUT2D eigenvalue weighted by atomic mass is 9.89. The predicted molar refractivity (Wildman–Crippen MR) is 74.4 cm³/mol. The second kappa shape index (κ2) is 6.67. The zero-order chi connectivity index (χ0) is 13.6. The normalized spacial score (nSPS) is 20.2. The molecule has 0 bridgehead atoms. The van der Waals surface area contributed by atoms with E-state index in [1.807, 2.05) is 30.3 Å². The number of nitriles is 1. The van der Waals surface area contributed by atoms with Crippen LogP contribution in [-0.4, -0.2) is 37.7 Å². The third-order valence-corrected chi connectivity index (χ3v) is 3.63. The Morgan fingerprint density at radius 1 is 1.26 bits per heavy atom. The first-order chi connectivity index (χ1) is 9.24. The summed E-state index contributed by atoms with van der Waals surface area (Å²) >= 11 is 0. The number of hydrogen-bond donors (Lipinski definition) is 1. The molecule has 1 aliphatic heterocycles. The van der Waals surface area contributed by atoms with Gasteiger partial charge >= 0.3 is 0 Å². The standard InChI is InChI=1S/C15H21N3O/c16-13-15(17,14-5-2-1-3-6-14)7-9-18-8-4-11-19-12-10-18/h1-3,5-6H,4,7-12,17H2. The summed E-state index contributed by atoms with van der Waals surface area (Å²) < 4.78 is 5.43. The van der Waals surface area contributed by atoms with E-state index in [0.717, 1.165) is 44.8 Å². The van der Waals surface area contributed by atoms with Gasteiger partial charge in [0.15, 0.2) is 0 Å². The van der Waals surface area contributed by atoms with Gasteiger partial charge in [0, 0.05) is 26.2 Å². The minimum absolute atomic E-state index is 0.646. The predicted octanol–water partition coefficient (Wildman–Crippen LogP) is 1.48. The Morgan fingerprint density at radius 2 is 2.05 bits per heavy atom. The highest BCUT2D eigenvalue weighted by molar-refractivity contribution is 5.30. The van der Waals surface area contributed by atoms with E-state index in [0.29, 0.717) is 6.42 Å². The van der Waals surface area contributed by atoms with Crippen LogP contribution >= 0.6 is 0 Å². The molecule has 0 radical (unpaired) electrons. The summed E-state index contributed by atoms with van der Waals surface area (Å²) in [7, 11) is 0. The van der Waals surface area contributed by atoms with Crippen LogP contribution in [0.2, 0.25) is 0 Å². The molecule has 0 amide bonds. The molecule has 1 aromatic rings. The van der Waals surface area contributed by atoms with Crippen molar-refractivity contribution in [3.63, 3.8) is 0 Å². The van der Waals surface area contributed by atoms with Crippen LogP contribution in [0.3, 0.4) is 0 Å². The Morgan fingerprint density at radius 3 is 2.79 bits per heavy atom. The number of nitrogens with zero attached hydrogens (tertiary/aromatic N) is 2. The van der Waals surface area contributed by atoms with Crippen molar-refractivity contribution in [2.45, 2.75) is 18.4 Å². The van der Waals surface area contributed by atoms with Crippen LogP contribution in [0, 0.1) is 11.3 Å². The Balaban J connectivity index is 1.97. The molecule has 1 aromatic carbocycles. The third kappa shape index (κ3) is 3.77. The molecule has 19 heavy (non-hydrogen) atoms. The maximum Gasteiger partial charge on any atom is 0.131 e. The van der Waals surface area contributed by atoms with Gasteiger partial charge < -0.3 is 15.4 Å². The Labute approximate surface area is 114 Å². The minimum Gasteiger partial charge on any atom is -0.380 e. The van der Waals surface area contributed by atoms with Crippen molar-refractivity contribution in [2.75, 3.05) is 32.8 Å². The number of benzene rings is 1. The maximum absolute atomic E-state index is 9.41. The van der Waals surface area contributed by atoms with Gasteiger partial charge in [0.05, 0.1) is 12.7 Å². The molecule has 0 saturated carbocycles. The number of hydrogen-bond acceptors (Lipinski definition) is 4. The van der Waals surface area contributed by atoms with Gasteiger partial charge in [-0.3, -0.25) is 0 Å². The van der Waals surface area contributed by atoms with Crippen LogP contribution in [0.1, 0.15) is 18.4 Å². The van der Waals surface area contributed by atoms with Crippen LogP contribution in [0.4, 0.5) is 0 Å². The molecule has 2 N–H and O–H groups in total. The fourth-order valence-corrected chi connectivity index (χ4v) is 2.36. The van der Waals surface area contributed by atoms with E-state index >= 15 is 0 Å². The highest BCUT2D eigenvalue weighted by Gasteiger charge is 2.27. The van der Waals surface area contributed by atoms with E-state index in [4.69, 9.17) is 10.5 Å². The molecule has 1 atom stereocenters. The monoisotopic (exact) mass is 259 g/mol. The lowest BCUT2D eigenvalue weighted by Gasteiger charge is -2.26. The highest BCUT2D eigenvalue weighted by Crippen LogP contribution is 2.21. The second-order valence-electron chi connectivity index (χ2n) is 5.01. The Bertz CT molecular complexity index is 421. The molecule has 0 aliphatic carbocycles. The van der Waals surface area contributed by atoms with Gasteiger partial charge in [-0.1, -0.05) is 30.3 Å².